The fourth-order valence-corrected chi connectivity index (χ4v) is 1.04. The molecule has 4 nitrogen and oxygen atoms in total. The molecule has 0 aliphatic heterocycles. The molecule has 0 unspecified atom stereocenters. The van der Waals surface area contributed by atoms with Crippen molar-refractivity contribution in [1.29, 1.82) is 0 Å². The van der Waals surface area contributed by atoms with Crippen LogP contribution in [-0.2, 0) is 0 Å². The van der Waals surface area contributed by atoms with Gasteiger partial charge in [0.15, 0.2) is 5.78 Å². The summed E-state index contributed by atoms with van der Waals surface area (Å²) in [7, 11) is 0. The number of thiol groups is 1. The van der Waals surface area contributed by atoms with E-state index in [1.54, 1.807) is 24.3 Å². The van der Waals surface area contributed by atoms with Gasteiger partial charge in [-0.3, -0.25) is 4.79 Å². The summed E-state index contributed by atoms with van der Waals surface area (Å²) >= 11 is 3.86. The quantitative estimate of drug-likeness (QED) is 0.259. The number of hydrogen-bond donors (Lipinski definition) is 1. The number of nitrogens with zero attached hydrogens (tertiary/aromatic N) is 3. The first kappa shape index (κ1) is 9.64. The van der Waals surface area contributed by atoms with Crippen molar-refractivity contribution in [2.75, 3.05) is 5.75 Å². The molecule has 0 heterocycles. The Hall–Kier alpha value is -1.45. The number of rotatable bonds is 3. The van der Waals surface area contributed by atoms with Crippen molar-refractivity contribution in [2.45, 2.75) is 0 Å². The second-order valence-corrected chi connectivity index (χ2v) is 2.63. The van der Waals surface area contributed by atoms with Crippen LogP contribution in [0.2, 0.25) is 0 Å². The average Bonchev–Trinajstić information content (AvgIpc) is 2.18. The molecule has 13 heavy (non-hydrogen) atoms. The minimum atomic E-state index is -0.0455. The Morgan fingerprint density at radius 2 is 2.08 bits per heavy atom. The summed E-state index contributed by atoms with van der Waals surface area (Å²) in [6.07, 6.45) is 0. The number of carbonyl (C=O) groups is 1. The van der Waals surface area contributed by atoms with Crippen LogP contribution in [-0.4, -0.2) is 11.5 Å². The number of benzene rings is 1. The smallest absolute Gasteiger partial charge is 0.172 e. The highest BCUT2D eigenvalue weighted by Crippen LogP contribution is 2.13. The average molecular weight is 193 g/mol. The molecular formula is C8H7N3OS. The van der Waals surface area contributed by atoms with Crippen LogP contribution in [0.5, 0.6) is 0 Å². The van der Waals surface area contributed by atoms with E-state index in [1.165, 1.54) is 0 Å². The first-order valence-corrected chi connectivity index (χ1v) is 4.20. The lowest BCUT2D eigenvalue weighted by molar-refractivity contribution is 0.102. The van der Waals surface area contributed by atoms with Gasteiger partial charge in [0.25, 0.3) is 0 Å². The Morgan fingerprint density at radius 1 is 1.46 bits per heavy atom. The molecule has 0 amide bonds. The van der Waals surface area contributed by atoms with E-state index in [0.29, 0.717) is 11.3 Å². The van der Waals surface area contributed by atoms with Crippen molar-refractivity contribution in [3.8, 4) is 0 Å². The molecular weight excluding hydrogens is 186 g/mol. The van der Waals surface area contributed by atoms with E-state index in [9.17, 15) is 4.79 Å². The van der Waals surface area contributed by atoms with Crippen LogP contribution in [0.15, 0.2) is 29.4 Å². The molecule has 0 aliphatic carbocycles. The van der Waals surface area contributed by atoms with Crippen molar-refractivity contribution in [2.24, 2.45) is 5.11 Å². The van der Waals surface area contributed by atoms with Crippen LogP contribution in [0.4, 0.5) is 5.69 Å². The monoisotopic (exact) mass is 193 g/mol. The second kappa shape index (κ2) is 4.54. The maximum atomic E-state index is 11.1. The van der Waals surface area contributed by atoms with Gasteiger partial charge < -0.3 is 0 Å². The van der Waals surface area contributed by atoms with Crippen molar-refractivity contribution >= 4 is 24.1 Å². The van der Waals surface area contributed by atoms with Crippen molar-refractivity contribution < 1.29 is 4.79 Å². The Balaban J connectivity index is 2.93. The molecule has 0 bridgehead atoms. The summed E-state index contributed by atoms with van der Waals surface area (Å²) < 4.78 is 0. The zero-order valence-corrected chi connectivity index (χ0v) is 7.61. The molecule has 0 N–H and O–H groups in total. The zero-order valence-electron chi connectivity index (χ0n) is 6.71. The van der Waals surface area contributed by atoms with Crippen LogP contribution in [0, 0.1) is 0 Å². The minimum Gasteiger partial charge on any atom is -0.293 e. The van der Waals surface area contributed by atoms with Crippen molar-refractivity contribution in [3.63, 3.8) is 0 Å². The van der Waals surface area contributed by atoms with E-state index in [1.807, 2.05) is 0 Å². The highest BCUT2D eigenvalue weighted by atomic mass is 32.1. The summed E-state index contributed by atoms with van der Waals surface area (Å²) in [5, 5.41) is 3.38. The topological polar surface area (TPSA) is 65.8 Å². The van der Waals surface area contributed by atoms with Gasteiger partial charge in [-0.15, -0.1) is 0 Å². The lowest BCUT2D eigenvalue weighted by Gasteiger charge is -1.96. The van der Waals surface area contributed by atoms with Gasteiger partial charge in [-0.2, -0.15) is 12.6 Å². The van der Waals surface area contributed by atoms with Crippen LogP contribution >= 0.6 is 12.6 Å². The molecule has 0 aliphatic rings. The fourth-order valence-electron chi connectivity index (χ4n) is 0.857. The summed E-state index contributed by atoms with van der Waals surface area (Å²) in [4.78, 5) is 13.7. The third-order valence-corrected chi connectivity index (χ3v) is 1.78. The van der Waals surface area contributed by atoms with E-state index in [-0.39, 0.29) is 11.5 Å². The molecule has 1 aromatic rings. The predicted molar refractivity (Wildman–Crippen MR) is 53.4 cm³/mol. The van der Waals surface area contributed by atoms with E-state index in [4.69, 9.17) is 5.53 Å². The van der Waals surface area contributed by atoms with Gasteiger partial charge in [0, 0.05) is 16.2 Å². The van der Waals surface area contributed by atoms with Gasteiger partial charge in [0.1, 0.15) is 0 Å². The minimum absolute atomic E-state index is 0.0455. The number of Topliss-reactive ketones (excluding diaryl/α,β-unsaturated/α-hetero) is 1. The van der Waals surface area contributed by atoms with Gasteiger partial charge in [-0.1, -0.05) is 29.4 Å². The molecule has 0 radical (unpaired) electrons. The number of hydrogen-bond acceptors (Lipinski definition) is 3. The molecule has 1 aromatic carbocycles. The number of carbonyl (C=O) groups excluding carboxylic acids is 1. The molecule has 0 saturated carbocycles. The number of ketones is 1. The summed E-state index contributed by atoms with van der Waals surface area (Å²) in [6, 6.07) is 6.41. The Morgan fingerprint density at radius 3 is 2.54 bits per heavy atom. The lowest BCUT2D eigenvalue weighted by atomic mass is 10.1. The Bertz CT molecular complexity index is 354. The van der Waals surface area contributed by atoms with E-state index in [2.05, 4.69) is 22.7 Å². The van der Waals surface area contributed by atoms with E-state index >= 15 is 0 Å². The molecule has 66 valence electrons. The lowest BCUT2D eigenvalue weighted by Crippen LogP contribution is -1.98. The van der Waals surface area contributed by atoms with Crippen LogP contribution in [0.1, 0.15) is 10.4 Å². The zero-order chi connectivity index (χ0) is 9.68. The molecule has 1 rings (SSSR count). The van der Waals surface area contributed by atoms with E-state index in [0.717, 1.165) is 0 Å². The predicted octanol–water partition coefficient (Wildman–Crippen LogP) is 2.74. The van der Waals surface area contributed by atoms with Gasteiger partial charge in [-0.05, 0) is 5.53 Å². The SMILES string of the molecule is [N-]=[N+]=Nc1ccc(C(=O)CS)cc1. The first-order valence-electron chi connectivity index (χ1n) is 3.57. The first-order chi connectivity index (χ1) is 6.27. The molecule has 0 fully saturated rings. The maximum Gasteiger partial charge on any atom is 0.172 e. The fraction of sp³-hybridized carbons (Fsp3) is 0.125. The van der Waals surface area contributed by atoms with Crippen LogP contribution in [0.3, 0.4) is 0 Å². The molecule has 0 aromatic heterocycles. The van der Waals surface area contributed by atoms with Gasteiger partial charge in [-0.25, -0.2) is 0 Å². The van der Waals surface area contributed by atoms with E-state index < -0.39 is 0 Å². The third kappa shape index (κ3) is 2.50. The van der Waals surface area contributed by atoms with Gasteiger partial charge >= 0.3 is 0 Å². The maximum absolute atomic E-state index is 11.1. The standard InChI is InChI=1S/C8H7N3OS/c9-11-10-7-3-1-6(2-4-7)8(12)5-13/h1-4,13H,5H2. The van der Waals surface area contributed by atoms with Crippen molar-refractivity contribution in [3.05, 3.63) is 40.3 Å². The summed E-state index contributed by atoms with van der Waals surface area (Å²) in [6.45, 7) is 0. The Kier molecular flexibility index (Phi) is 3.37. The largest absolute Gasteiger partial charge is 0.293 e. The van der Waals surface area contributed by atoms with Crippen LogP contribution in [0.25, 0.3) is 10.4 Å². The third-order valence-electron chi connectivity index (χ3n) is 1.49. The molecule has 0 spiro atoms. The molecule has 0 saturated heterocycles. The summed E-state index contributed by atoms with van der Waals surface area (Å²) in [5.74, 6) is 0.136. The number of azide groups is 1. The molecule has 5 heteroatoms. The molecule has 0 atom stereocenters. The van der Waals surface area contributed by atoms with Crippen molar-refractivity contribution in [1.82, 2.24) is 0 Å². The second-order valence-electron chi connectivity index (χ2n) is 2.32. The normalized spacial score (nSPS) is 9.00. The van der Waals surface area contributed by atoms with Crippen LogP contribution < -0.4 is 0 Å². The van der Waals surface area contributed by atoms with Gasteiger partial charge in [0.2, 0.25) is 0 Å². The highest BCUT2D eigenvalue weighted by Gasteiger charge is 2.01. The highest BCUT2D eigenvalue weighted by molar-refractivity contribution is 7.81. The Labute approximate surface area is 80.6 Å². The summed E-state index contributed by atoms with van der Waals surface area (Å²) in [5.41, 5.74) is 9.20. The van der Waals surface area contributed by atoms with Gasteiger partial charge in [0.05, 0.1) is 5.75 Å².